The van der Waals surface area contributed by atoms with Crippen molar-refractivity contribution in [2.75, 3.05) is 16.6 Å². The Labute approximate surface area is 198 Å². The molecule has 34 heavy (non-hydrogen) atoms. The van der Waals surface area contributed by atoms with Crippen LogP contribution in [0.3, 0.4) is 0 Å². The summed E-state index contributed by atoms with van der Waals surface area (Å²) in [5, 5.41) is 17.7. The first kappa shape index (κ1) is 23.5. The molecule has 0 saturated carbocycles. The van der Waals surface area contributed by atoms with Gasteiger partial charge in [-0.15, -0.1) is 0 Å². The maximum Gasteiger partial charge on any atom is 0.320 e. The van der Waals surface area contributed by atoms with Crippen LogP contribution < -0.4 is 20.7 Å². The van der Waals surface area contributed by atoms with Gasteiger partial charge in [0.1, 0.15) is 5.54 Å². The van der Waals surface area contributed by atoms with E-state index in [1.165, 1.54) is 24.3 Å². The van der Waals surface area contributed by atoms with Crippen LogP contribution in [0.5, 0.6) is 0 Å². The Morgan fingerprint density at radius 1 is 1.18 bits per heavy atom. The van der Waals surface area contributed by atoms with Crippen molar-refractivity contribution in [1.29, 1.82) is 0 Å². The number of halogens is 1. The number of para-hydroxylation sites is 1. The Balaban J connectivity index is 1.51. The standard InChI is InChI=1S/C21H20ClN5O6S/c22-15-10-23-18-14(15)5-2-6-16(18)27-34(32,33)13-4-1-3-12(9-13)24-20(31)26-21(11-28)8-7-17(29)25-19(21)30/h1-6,9-10,23,27-28H,7-8,11H2,(H2,24,26,31)(H,25,29,30). The number of carbonyl (C=O) groups excluding carboxylic acids is 3. The van der Waals surface area contributed by atoms with Gasteiger partial charge in [-0.25, -0.2) is 13.2 Å². The average molecular weight is 506 g/mol. The molecule has 1 saturated heterocycles. The monoisotopic (exact) mass is 505 g/mol. The normalized spacial score (nSPS) is 18.4. The molecular formula is C21H20ClN5O6S. The molecule has 4 rings (SSSR count). The van der Waals surface area contributed by atoms with Crippen LogP contribution in [0.15, 0.2) is 53.6 Å². The zero-order valence-electron chi connectivity index (χ0n) is 17.5. The summed E-state index contributed by atoms with van der Waals surface area (Å²) in [5.74, 6) is -1.32. The topological polar surface area (TPSA) is 169 Å². The molecule has 0 aliphatic carbocycles. The molecule has 1 aromatic heterocycles. The SMILES string of the molecule is O=C1CCC(CO)(NC(=O)Nc2cccc(S(=O)(=O)Nc3cccc4c(Cl)c[nH]c34)c2)C(=O)N1. The molecule has 2 aromatic carbocycles. The Hall–Kier alpha value is -3.61. The maximum atomic E-state index is 13.0. The quantitative estimate of drug-likeness (QED) is 0.279. The van der Waals surface area contributed by atoms with Gasteiger partial charge in [0.05, 0.1) is 27.7 Å². The second-order valence-electron chi connectivity index (χ2n) is 7.69. The first-order valence-corrected chi connectivity index (χ1v) is 11.9. The largest absolute Gasteiger partial charge is 0.393 e. The van der Waals surface area contributed by atoms with E-state index < -0.39 is 40.0 Å². The van der Waals surface area contributed by atoms with Crippen LogP contribution in [0.1, 0.15) is 12.8 Å². The second kappa shape index (κ2) is 8.97. The predicted octanol–water partition coefficient (Wildman–Crippen LogP) is 1.91. The third-order valence-electron chi connectivity index (χ3n) is 5.40. The number of H-pyrrole nitrogens is 1. The third-order valence-corrected chi connectivity index (χ3v) is 7.08. The lowest BCUT2D eigenvalue weighted by Gasteiger charge is -2.34. The number of piperidine rings is 1. The van der Waals surface area contributed by atoms with E-state index in [2.05, 4.69) is 25.7 Å². The molecule has 1 aliphatic rings. The number of aromatic nitrogens is 1. The smallest absolute Gasteiger partial charge is 0.320 e. The average Bonchev–Trinajstić information content (AvgIpc) is 3.18. The molecule has 2 heterocycles. The van der Waals surface area contributed by atoms with E-state index in [4.69, 9.17) is 11.6 Å². The van der Waals surface area contributed by atoms with Crippen LogP contribution >= 0.6 is 11.6 Å². The number of hydrogen-bond acceptors (Lipinski definition) is 6. The number of aromatic amines is 1. The number of fused-ring (bicyclic) bond motifs is 1. The van der Waals surface area contributed by atoms with Crippen LogP contribution in [0.25, 0.3) is 10.9 Å². The molecule has 1 fully saturated rings. The van der Waals surface area contributed by atoms with Crippen LogP contribution in [0.2, 0.25) is 5.02 Å². The minimum absolute atomic E-state index is 0.0508. The third kappa shape index (κ3) is 4.55. The number of aliphatic hydroxyl groups is 1. The fourth-order valence-corrected chi connectivity index (χ4v) is 4.92. The molecule has 178 valence electrons. The van der Waals surface area contributed by atoms with E-state index in [0.29, 0.717) is 21.6 Å². The summed E-state index contributed by atoms with van der Waals surface area (Å²) in [4.78, 5) is 38.8. The molecule has 1 atom stereocenters. The molecule has 1 unspecified atom stereocenters. The molecule has 0 spiro atoms. The summed E-state index contributed by atoms with van der Waals surface area (Å²) in [6.45, 7) is -0.716. The van der Waals surface area contributed by atoms with Gasteiger partial charge in [-0.05, 0) is 30.7 Å². The summed E-state index contributed by atoms with van der Waals surface area (Å²) in [5.41, 5.74) is -0.729. The highest BCUT2D eigenvalue weighted by Gasteiger charge is 2.43. The van der Waals surface area contributed by atoms with Crippen molar-refractivity contribution in [2.45, 2.75) is 23.3 Å². The van der Waals surface area contributed by atoms with Gasteiger partial charge in [0.15, 0.2) is 0 Å². The minimum Gasteiger partial charge on any atom is -0.393 e. The molecule has 4 amide bonds. The lowest BCUT2D eigenvalue weighted by Crippen LogP contribution is -2.65. The minimum atomic E-state index is -4.04. The van der Waals surface area contributed by atoms with Gasteiger partial charge < -0.3 is 20.7 Å². The molecule has 13 heteroatoms. The number of carbonyl (C=O) groups is 3. The number of sulfonamides is 1. The first-order valence-electron chi connectivity index (χ1n) is 10.1. The van der Waals surface area contributed by atoms with E-state index in [1.54, 1.807) is 24.4 Å². The number of benzene rings is 2. The lowest BCUT2D eigenvalue weighted by molar-refractivity contribution is -0.139. The van der Waals surface area contributed by atoms with E-state index >= 15 is 0 Å². The highest BCUT2D eigenvalue weighted by atomic mass is 35.5. The van der Waals surface area contributed by atoms with Crippen molar-refractivity contribution in [2.24, 2.45) is 0 Å². The summed E-state index contributed by atoms with van der Waals surface area (Å²) < 4.78 is 28.4. The lowest BCUT2D eigenvalue weighted by atomic mass is 9.90. The molecule has 3 aromatic rings. The molecule has 0 bridgehead atoms. The maximum absolute atomic E-state index is 13.0. The second-order valence-corrected chi connectivity index (χ2v) is 9.78. The van der Waals surface area contributed by atoms with Gasteiger partial charge in [-0.3, -0.25) is 19.6 Å². The number of anilines is 2. The molecule has 0 radical (unpaired) electrons. The van der Waals surface area contributed by atoms with Gasteiger partial charge in [0, 0.05) is 23.7 Å². The van der Waals surface area contributed by atoms with E-state index in [0.717, 1.165) is 0 Å². The van der Waals surface area contributed by atoms with Gasteiger partial charge >= 0.3 is 6.03 Å². The molecule has 1 aliphatic heterocycles. The van der Waals surface area contributed by atoms with Crippen LogP contribution in [0.4, 0.5) is 16.2 Å². The number of amides is 4. The number of nitrogens with one attached hydrogen (secondary N) is 5. The Morgan fingerprint density at radius 3 is 2.68 bits per heavy atom. The summed E-state index contributed by atoms with van der Waals surface area (Å²) >= 11 is 6.10. The van der Waals surface area contributed by atoms with E-state index in [-0.39, 0.29) is 23.4 Å². The van der Waals surface area contributed by atoms with Crippen molar-refractivity contribution in [3.05, 3.63) is 53.7 Å². The Kier molecular flexibility index (Phi) is 6.21. The number of hydrogen-bond donors (Lipinski definition) is 6. The zero-order valence-corrected chi connectivity index (χ0v) is 19.1. The van der Waals surface area contributed by atoms with Gasteiger partial charge in [0.25, 0.3) is 15.9 Å². The van der Waals surface area contributed by atoms with E-state index in [1.807, 2.05) is 0 Å². The number of imide groups is 1. The van der Waals surface area contributed by atoms with Crippen LogP contribution in [0, 0.1) is 0 Å². The summed E-state index contributed by atoms with van der Waals surface area (Å²) in [6.07, 6.45) is 1.42. The van der Waals surface area contributed by atoms with Crippen molar-refractivity contribution < 1.29 is 27.9 Å². The van der Waals surface area contributed by atoms with Gasteiger partial charge in [0.2, 0.25) is 5.91 Å². The number of urea groups is 1. The van der Waals surface area contributed by atoms with Crippen molar-refractivity contribution in [3.8, 4) is 0 Å². The van der Waals surface area contributed by atoms with Crippen molar-refractivity contribution >= 4 is 61.7 Å². The highest BCUT2D eigenvalue weighted by Crippen LogP contribution is 2.30. The van der Waals surface area contributed by atoms with Crippen LogP contribution in [-0.2, 0) is 19.6 Å². The molecular weight excluding hydrogens is 486 g/mol. The molecule has 11 nitrogen and oxygen atoms in total. The fraction of sp³-hybridized carbons (Fsp3) is 0.190. The number of aliphatic hydroxyl groups excluding tert-OH is 1. The Morgan fingerprint density at radius 2 is 1.94 bits per heavy atom. The van der Waals surface area contributed by atoms with Crippen molar-refractivity contribution in [1.82, 2.24) is 15.6 Å². The first-order chi connectivity index (χ1) is 16.1. The van der Waals surface area contributed by atoms with Gasteiger partial charge in [-0.2, -0.15) is 0 Å². The van der Waals surface area contributed by atoms with E-state index in [9.17, 15) is 27.9 Å². The molecule has 6 N–H and O–H groups in total. The predicted molar refractivity (Wildman–Crippen MR) is 125 cm³/mol. The van der Waals surface area contributed by atoms with Gasteiger partial charge in [-0.1, -0.05) is 29.8 Å². The van der Waals surface area contributed by atoms with Crippen molar-refractivity contribution in [3.63, 3.8) is 0 Å². The highest BCUT2D eigenvalue weighted by molar-refractivity contribution is 7.92. The zero-order chi connectivity index (χ0) is 24.5. The Bertz CT molecular complexity index is 1410. The number of rotatable bonds is 6. The summed E-state index contributed by atoms with van der Waals surface area (Å²) in [6, 6.07) is 9.61. The van der Waals surface area contributed by atoms with Crippen LogP contribution in [-0.4, -0.2) is 48.5 Å². The summed E-state index contributed by atoms with van der Waals surface area (Å²) in [7, 11) is -4.04. The fourth-order valence-electron chi connectivity index (χ4n) is 3.59.